The molecule has 0 unspecified atom stereocenters. The van der Waals surface area contributed by atoms with Crippen LogP contribution in [0.3, 0.4) is 0 Å². The van der Waals surface area contributed by atoms with Crippen molar-refractivity contribution in [2.45, 2.75) is 32.4 Å². The molecule has 0 aliphatic carbocycles. The summed E-state index contributed by atoms with van der Waals surface area (Å²) in [6.07, 6.45) is -6.50. The van der Waals surface area contributed by atoms with Crippen LogP contribution in [0.1, 0.15) is 15.3 Å². The smallest absolute Gasteiger partial charge is 0.475 e. The number of alkyl halides is 6. The Balaban J connectivity index is 0.000000301. The maximum absolute atomic E-state index is 10.6. The summed E-state index contributed by atoms with van der Waals surface area (Å²) in [6, 6.07) is 8.50. The van der Waals surface area contributed by atoms with Crippen molar-refractivity contribution in [3.63, 3.8) is 0 Å². The first-order chi connectivity index (χ1) is 17.6. The number of carboxylic acid groups (broad SMARTS) is 2. The number of hydrogen-bond acceptors (Lipinski definition) is 7. The van der Waals surface area contributed by atoms with E-state index in [4.69, 9.17) is 29.3 Å². The number of carbonyl (C=O) groups is 2. The third-order valence-corrected chi connectivity index (χ3v) is 6.62. The molecule has 38 heavy (non-hydrogen) atoms. The molecule has 2 saturated heterocycles. The SMILES string of the molecule is Cc1ccc(CN2C[C@@H]3COC[C@]3(COCc3cccnc3)C2)s1.O=C(O)C(F)(F)F.O=C(O)C(F)(F)F. The lowest BCUT2D eigenvalue weighted by Crippen LogP contribution is -2.35. The van der Waals surface area contributed by atoms with E-state index in [1.807, 2.05) is 23.6 Å². The molecule has 0 saturated carbocycles. The molecule has 0 bridgehead atoms. The van der Waals surface area contributed by atoms with Crippen molar-refractivity contribution >= 4 is 23.3 Å². The first-order valence-electron chi connectivity index (χ1n) is 11.0. The summed E-state index contributed by atoms with van der Waals surface area (Å²) in [4.78, 5) is 27.4. The summed E-state index contributed by atoms with van der Waals surface area (Å²) < 4.78 is 75.3. The summed E-state index contributed by atoms with van der Waals surface area (Å²) in [5, 5.41) is 14.2. The van der Waals surface area contributed by atoms with Crippen molar-refractivity contribution < 1.29 is 55.6 Å². The highest BCUT2D eigenvalue weighted by Crippen LogP contribution is 2.42. The molecular formula is C23H26F6N2O6S. The molecule has 0 radical (unpaired) electrons. The normalized spacial score (nSPS) is 21.1. The van der Waals surface area contributed by atoms with Crippen molar-refractivity contribution in [2.75, 3.05) is 32.9 Å². The Morgan fingerprint density at radius 3 is 2.29 bits per heavy atom. The van der Waals surface area contributed by atoms with Crippen molar-refractivity contribution in [3.05, 3.63) is 52.0 Å². The number of rotatable bonds is 6. The Kier molecular flexibility index (Phi) is 11.1. The molecular weight excluding hydrogens is 546 g/mol. The van der Waals surface area contributed by atoms with E-state index in [0.29, 0.717) is 12.5 Å². The van der Waals surface area contributed by atoms with Gasteiger partial charge in [-0.25, -0.2) is 9.59 Å². The maximum Gasteiger partial charge on any atom is 0.490 e. The predicted octanol–water partition coefficient (Wildman–Crippen LogP) is 4.38. The van der Waals surface area contributed by atoms with E-state index < -0.39 is 24.3 Å². The van der Waals surface area contributed by atoms with Crippen LogP contribution in [-0.4, -0.2) is 77.3 Å². The number of thiophene rings is 1. The molecule has 8 nitrogen and oxygen atoms in total. The van der Waals surface area contributed by atoms with Crippen molar-refractivity contribution in [1.29, 1.82) is 0 Å². The molecule has 4 rings (SSSR count). The third kappa shape index (κ3) is 9.85. The number of carboxylic acids is 2. The molecule has 15 heteroatoms. The number of aryl methyl sites for hydroxylation is 1. The number of halogens is 6. The lowest BCUT2D eigenvalue weighted by molar-refractivity contribution is -0.193. The minimum Gasteiger partial charge on any atom is -0.475 e. The minimum atomic E-state index is -5.08. The van der Waals surface area contributed by atoms with Gasteiger partial charge in [0.25, 0.3) is 0 Å². The van der Waals surface area contributed by atoms with Crippen LogP contribution in [0.4, 0.5) is 26.3 Å². The van der Waals surface area contributed by atoms with E-state index in [-0.39, 0.29) is 5.41 Å². The molecule has 2 aliphatic heterocycles. The molecule has 2 fully saturated rings. The van der Waals surface area contributed by atoms with Gasteiger partial charge in [-0.05, 0) is 30.7 Å². The molecule has 2 aliphatic rings. The summed E-state index contributed by atoms with van der Waals surface area (Å²) in [7, 11) is 0. The standard InChI is InChI=1S/C19H24N2O2S.2C2HF3O2/c1-15-4-5-18(24-15)9-21-8-17-11-23-14-19(17,12-21)13-22-10-16-3-2-6-20-7-16;2*3-2(4,5)1(6)7/h2-7,17H,8-14H2,1H3;2*(H,6,7)/t17-,19-;;/m1../s1. The van der Waals surface area contributed by atoms with Crippen LogP contribution in [0.25, 0.3) is 0 Å². The first-order valence-corrected chi connectivity index (χ1v) is 11.9. The number of likely N-dealkylation sites (tertiary alicyclic amines) is 1. The zero-order chi connectivity index (χ0) is 28.6. The van der Waals surface area contributed by atoms with Gasteiger partial charge in [0.05, 0.1) is 26.4 Å². The highest BCUT2D eigenvalue weighted by atomic mass is 32.1. The molecule has 0 amide bonds. The molecule has 0 spiro atoms. The topological polar surface area (TPSA) is 109 Å². The van der Waals surface area contributed by atoms with E-state index in [1.54, 1.807) is 6.20 Å². The van der Waals surface area contributed by atoms with Crippen LogP contribution >= 0.6 is 11.3 Å². The molecule has 0 aromatic carbocycles. The van der Waals surface area contributed by atoms with Crippen LogP contribution in [-0.2, 0) is 32.2 Å². The van der Waals surface area contributed by atoms with Gasteiger partial charge in [-0.15, -0.1) is 11.3 Å². The van der Waals surface area contributed by atoms with E-state index in [9.17, 15) is 26.3 Å². The second kappa shape index (κ2) is 13.4. The zero-order valence-corrected chi connectivity index (χ0v) is 20.9. The van der Waals surface area contributed by atoms with E-state index in [0.717, 1.165) is 45.0 Å². The van der Waals surface area contributed by atoms with E-state index >= 15 is 0 Å². The van der Waals surface area contributed by atoms with Gasteiger partial charge in [-0.1, -0.05) is 6.07 Å². The number of aliphatic carboxylic acids is 2. The Morgan fingerprint density at radius 2 is 1.79 bits per heavy atom. The fourth-order valence-electron chi connectivity index (χ4n) is 3.91. The lowest BCUT2D eigenvalue weighted by Gasteiger charge is -2.27. The third-order valence-electron chi connectivity index (χ3n) is 5.63. The Morgan fingerprint density at radius 1 is 1.16 bits per heavy atom. The van der Waals surface area contributed by atoms with Gasteiger partial charge < -0.3 is 19.7 Å². The van der Waals surface area contributed by atoms with Gasteiger partial charge in [0, 0.05) is 53.1 Å². The second-order valence-electron chi connectivity index (χ2n) is 8.72. The van der Waals surface area contributed by atoms with Gasteiger partial charge in [-0.2, -0.15) is 26.3 Å². The summed E-state index contributed by atoms with van der Waals surface area (Å²) in [5.41, 5.74) is 1.29. The van der Waals surface area contributed by atoms with Crippen LogP contribution in [0.15, 0.2) is 36.7 Å². The first kappa shape index (κ1) is 31.5. The molecule has 212 valence electrons. The van der Waals surface area contributed by atoms with Crippen LogP contribution in [0.5, 0.6) is 0 Å². The number of ether oxygens (including phenoxy) is 2. The fraction of sp³-hybridized carbons (Fsp3) is 0.522. The zero-order valence-electron chi connectivity index (χ0n) is 20.1. The number of pyridine rings is 1. The van der Waals surface area contributed by atoms with Crippen LogP contribution in [0, 0.1) is 18.3 Å². The summed E-state index contributed by atoms with van der Waals surface area (Å²) in [6.45, 7) is 8.52. The molecule has 4 heterocycles. The molecule has 2 aromatic heterocycles. The number of aromatic nitrogens is 1. The predicted molar refractivity (Wildman–Crippen MR) is 122 cm³/mol. The average molecular weight is 573 g/mol. The Hall–Kier alpha value is -2.75. The fourth-order valence-corrected chi connectivity index (χ4v) is 4.85. The van der Waals surface area contributed by atoms with Crippen molar-refractivity contribution in [3.8, 4) is 0 Å². The number of hydrogen-bond donors (Lipinski definition) is 2. The molecule has 2 aromatic rings. The van der Waals surface area contributed by atoms with Gasteiger partial charge in [-0.3, -0.25) is 9.88 Å². The number of fused-ring (bicyclic) bond motifs is 1. The lowest BCUT2D eigenvalue weighted by atomic mass is 9.82. The maximum atomic E-state index is 10.6. The van der Waals surface area contributed by atoms with E-state index in [1.165, 1.54) is 9.75 Å². The number of nitrogens with zero attached hydrogens (tertiary/aromatic N) is 2. The quantitative estimate of drug-likeness (QED) is 0.491. The van der Waals surface area contributed by atoms with Crippen molar-refractivity contribution in [1.82, 2.24) is 9.88 Å². The second-order valence-corrected chi connectivity index (χ2v) is 10.1. The summed E-state index contributed by atoms with van der Waals surface area (Å²) >= 11 is 1.91. The molecule has 2 N–H and O–H groups in total. The van der Waals surface area contributed by atoms with Crippen molar-refractivity contribution in [2.24, 2.45) is 11.3 Å². The monoisotopic (exact) mass is 572 g/mol. The largest absolute Gasteiger partial charge is 0.490 e. The Bertz CT molecular complexity index is 1030. The van der Waals surface area contributed by atoms with Gasteiger partial charge in [0.15, 0.2) is 0 Å². The highest BCUT2D eigenvalue weighted by Gasteiger charge is 2.50. The van der Waals surface area contributed by atoms with E-state index in [2.05, 4.69) is 35.0 Å². The Labute approximate surface area is 217 Å². The summed E-state index contributed by atoms with van der Waals surface area (Å²) in [5.74, 6) is -4.92. The van der Waals surface area contributed by atoms with Crippen LogP contribution in [0.2, 0.25) is 0 Å². The highest BCUT2D eigenvalue weighted by molar-refractivity contribution is 7.11. The van der Waals surface area contributed by atoms with Gasteiger partial charge >= 0.3 is 24.3 Å². The van der Waals surface area contributed by atoms with Gasteiger partial charge in [0.1, 0.15) is 0 Å². The van der Waals surface area contributed by atoms with Gasteiger partial charge in [0.2, 0.25) is 0 Å². The van der Waals surface area contributed by atoms with Crippen LogP contribution < -0.4 is 0 Å². The average Bonchev–Trinajstić information content (AvgIpc) is 3.48. The molecule has 2 atom stereocenters. The minimum absolute atomic E-state index is 0.161.